The number of rotatable bonds is 12. The molecule has 0 spiro atoms. The summed E-state index contributed by atoms with van der Waals surface area (Å²) in [6.45, 7) is 8.50. The molecule has 0 aliphatic rings. The van der Waals surface area contributed by atoms with Crippen LogP contribution in [0.2, 0.25) is 0 Å². The van der Waals surface area contributed by atoms with Crippen LogP contribution in [-0.2, 0) is 35.9 Å². The molecule has 0 radical (unpaired) electrons. The first-order valence-corrected chi connectivity index (χ1v) is 17.5. The van der Waals surface area contributed by atoms with Gasteiger partial charge < -0.3 is 14.4 Å². The van der Waals surface area contributed by atoms with E-state index in [1.165, 1.54) is 37.0 Å². The molecule has 242 valence electrons. The number of hydrogen-bond acceptors (Lipinski definition) is 10. The molecule has 0 saturated heterocycles. The Balaban J connectivity index is 1.87. The fourth-order valence-corrected chi connectivity index (χ4v) is 7.83. The van der Waals surface area contributed by atoms with Gasteiger partial charge in [0, 0.05) is 44.2 Å². The molecule has 0 bridgehead atoms. The summed E-state index contributed by atoms with van der Waals surface area (Å²) in [5.41, 5.74) is 3.16. The molecule has 0 amide bonds. The Kier molecular flexibility index (Phi) is 10.00. The number of carbonyl (C=O) groups excluding carboxylic acids is 1. The molecule has 4 aromatic rings. The molecular weight excluding hydrogens is 619 g/mol. The van der Waals surface area contributed by atoms with E-state index in [1.54, 1.807) is 32.9 Å². The maximum Gasteiger partial charge on any atom is 0.323 e. The maximum absolute atomic E-state index is 14.9. The first kappa shape index (κ1) is 34.0. The van der Waals surface area contributed by atoms with Crippen LogP contribution in [0.15, 0.2) is 53.6 Å². The lowest BCUT2D eigenvalue weighted by atomic mass is 10.2. The Hall–Kier alpha value is -3.88. The highest BCUT2D eigenvalue weighted by atomic mass is 32.2. The van der Waals surface area contributed by atoms with Crippen molar-refractivity contribution in [1.82, 2.24) is 24.8 Å². The summed E-state index contributed by atoms with van der Waals surface area (Å²) in [5.74, 6) is -0.243. The van der Waals surface area contributed by atoms with Crippen molar-refractivity contribution in [3.8, 4) is 0 Å². The molecule has 2 unspecified atom stereocenters. The van der Waals surface area contributed by atoms with E-state index < -0.39 is 41.9 Å². The number of nitrogens with one attached hydrogen (secondary N) is 1. The Bertz CT molecular complexity index is 1880. The minimum atomic E-state index is -4.16. The fourth-order valence-electron chi connectivity index (χ4n) is 4.78. The summed E-state index contributed by atoms with van der Waals surface area (Å²) < 4.78 is 53.6. The van der Waals surface area contributed by atoms with Crippen LogP contribution in [0.5, 0.6) is 0 Å². The van der Waals surface area contributed by atoms with E-state index in [0.717, 1.165) is 22.3 Å². The normalized spacial score (nSPS) is 13.9. The Morgan fingerprint density at radius 2 is 1.80 bits per heavy atom. The lowest BCUT2D eigenvalue weighted by Gasteiger charge is -2.34. The number of sulfonamides is 1. The Morgan fingerprint density at radius 1 is 1.11 bits per heavy atom. The Morgan fingerprint density at radius 3 is 2.44 bits per heavy atom. The van der Waals surface area contributed by atoms with Crippen LogP contribution in [0.4, 0.5) is 23.1 Å². The summed E-state index contributed by atoms with van der Waals surface area (Å²) in [5, 5.41) is 14.0. The molecule has 0 aliphatic carbocycles. The van der Waals surface area contributed by atoms with Gasteiger partial charge in [0.15, 0.2) is 0 Å². The van der Waals surface area contributed by atoms with Crippen LogP contribution in [0.25, 0.3) is 10.9 Å². The SMILES string of the molecule is COCP(=O)(NC(C)C(=O)OC(C)C)N(c1ccc(C)c(S(N)(=O)=O)c1)c1nccc(N(C)c2ccc3c(C)n(C)nc3c2)n1. The molecule has 3 N–H and O–H groups in total. The zero-order valence-electron chi connectivity index (χ0n) is 26.5. The van der Waals surface area contributed by atoms with Crippen molar-refractivity contribution >= 4 is 57.5 Å². The van der Waals surface area contributed by atoms with Gasteiger partial charge in [0.25, 0.3) is 7.44 Å². The summed E-state index contributed by atoms with van der Waals surface area (Å²) in [7, 11) is -3.11. The number of nitrogens with two attached hydrogens (primary N) is 1. The third-order valence-electron chi connectivity index (χ3n) is 7.11. The van der Waals surface area contributed by atoms with E-state index >= 15 is 0 Å². The minimum absolute atomic E-state index is 0.0457. The number of fused-ring (bicyclic) bond motifs is 1. The number of esters is 1. The van der Waals surface area contributed by atoms with Crippen LogP contribution in [0.1, 0.15) is 32.0 Å². The second kappa shape index (κ2) is 13.2. The van der Waals surface area contributed by atoms with Crippen LogP contribution >= 0.6 is 7.44 Å². The van der Waals surface area contributed by atoms with Gasteiger partial charge in [-0.05, 0) is 76.6 Å². The van der Waals surface area contributed by atoms with Gasteiger partial charge in [0.2, 0.25) is 16.0 Å². The molecule has 14 nitrogen and oxygen atoms in total. The highest BCUT2D eigenvalue weighted by Gasteiger charge is 2.38. The number of aryl methyl sites for hydroxylation is 3. The third-order valence-corrected chi connectivity index (χ3v) is 10.6. The van der Waals surface area contributed by atoms with Gasteiger partial charge >= 0.3 is 5.97 Å². The number of hydrogen-bond donors (Lipinski definition) is 2. The van der Waals surface area contributed by atoms with Gasteiger partial charge in [0.1, 0.15) is 18.2 Å². The first-order valence-electron chi connectivity index (χ1n) is 14.1. The molecule has 2 atom stereocenters. The lowest BCUT2D eigenvalue weighted by molar-refractivity contribution is -0.148. The largest absolute Gasteiger partial charge is 0.462 e. The Labute approximate surface area is 263 Å². The highest BCUT2D eigenvalue weighted by molar-refractivity contribution is 7.89. The molecular formula is C29H39N8O6PS. The van der Waals surface area contributed by atoms with Gasteiger partial charge in [-0.1, -0.05) is 6.07 Å². The number of aromatic nitrogens is 4. The third kappa shape index (κ3) is 7.34. The fraction of sp³-hybridized carbons (Fsp3) is 0.379. The maximum atomic E-state index is 14.9. The average Bonchev–Trinajstić information content (AvgIpc) is 3.25. The predicted octanol–water partition coefficient (Wildman–Crippen LogP) is 4.26. The molecule has 4 rings (SSSR count). The smallest absolute Gasteiger partial charge is 0.323 e. The quantitative estimate of drug-likeness (QED) is 0.164. The summed E-state index contributed by atoms with van der Waals surface area (Å²) in [6.07, 6.45) is 0.690. The molecule has 2 aromatic heterocycles. The van der Waals surface area contributed by atoms with Crippen molar-refractivity contribution in [2.24, 2.45) is 12.2 Å². The predicted molar refractivity (Wildman–Crippen MR) is 174 cm³/mol. The van der Waals surface area contributed by atoms with E-state index in [9.17, 15) is 17.8 Å². The zero-order chi connectivity index (χ0) is 33.3. The van der Waals surface area contributed by atoms with Crippen LogP contribution in [0, 0.1) is 13.8 Å². The molecule has 16 heteroatoms. The second-order valence-corrected chi connectivity index (χ2v) is 14.8. The van der Waals surface area contributed by atoms with E-state index in [0.29, 0.717) is 11.4 Å². The summed E-state index contributed by atoms with van der Waals surface area (Å²) in [6, 6.07) is 10.9. The minimum Gasteiger partial charge on any atom is -0.462 e. The molecule has 2 aromatic carbocycles. The lowest BCUT2D eigenvalue weighted by Crippen LogP contribution is -2.39. The van der Waals surface area contributed by atoms with E-state index in [1.807, 2.05) is 48.8 Å². The van der Waals surface area contributed by atoms with E-state index in [4.69, 9.17) is 19.6 Å². The zero-order valence-corrected chi connectivity index (χ0v) is 28.3. The van der Waals surface area contributed by atoms with E-state index in [-0.39, 0.29) is 16.5 Å². The van der Waals surface area contributed by atoms with Gasteiger partial charge in [-0.15, -0.1) is 0 Å². The monoisotopic (exact) mass is 658 g/mol. The summed E-state index contributed by atoms with van der Waals surface area (Å²) >= 11 is 0. The van der Waals surface area contributed by atoms with Crippen molar-refractivity contribution in [3.05, 3.63) is 59.9 Å². The topological polar surface area (TPSA) is 175 Å². The van der Waals surface area contributed by atoms with Crippen molar-refractivity contribution < 1.29 is 27.3 Å². The van der Waals surface area contributed by atoms with Crippen LogP contribution < -0.4 is 19.8 Å². The van der Waals surface area contributed by atoms with Crippen LogP contribution in [-0.4, -0.2) is 66.8 Å². The van der Waals surface area contributed by atoms with Gasteiger partial charge in [-0.2, -0.15) is 10.1 Å². The van der Waals surface area contributed by atoms with Crippen molar-refractivity contribution in [1.29, 1.82) is 0 Å². The number of benzene rings is 2. The molecule has 2 heterocycles. The van der Waals surface area contributed by atoms with Crippen molar-refractivity contribution in [2.75, 3.05) is 30.1 Å². The standard InChI is InChI=1S/C29H39N8O6PS/c1-18(2)43-28(38)20(4)34-44(39,17-42-8)37(23-10-9-19(3)26(16-23)45(30,40)41)29-31-14-13-27(32-29)35(6)22-11-12-24-21(5)36(7)33-25(24)15-22/h9-16,18,20H,17H2,1-8H3,(H,34,39)(H2,30,40,41). The second-order valence-electron chi connectivity index (χ2n) is 10.9. The number of primary sulfonamides is 1. The molecule has 0 saturated carbocycles. The molecule has 45 heavy (non-hydrogen) atoms. The summed E-state index contributed by atoms with van der Waals surface area (Å²) in [4.78, 5) is 23.6. The van der Waals surface area contributed by atoms with Crippen LogP contribution in [0.3, 0.4) is 0 Å². The number of carbonyl (C=O) groups is 1. The highest BCUT2D eigenvalue weighted by Crippen LogP contribution is 2.53. The molecule has 0 aliphatic heterocycles. The first-order chi connectivity index (χ1) is 21.1. The van der Waals surface area contributed by atoms with E-state index in [2.05, 4.69) is 15.2 Å². The average molecular weight is 659 g/mol. The van der Waals surface area contributed by atoms with Gasteiger partial charge in [0.05, 0.1) is 22.2 Å². The van der Waals surface area contributed by atoms with Crippen molar-refractivity contribution in [3.63, 3.8) is 0 Å². The number of nitrogens with zero attached hydrogens (tertiary/aromatic N) is 6. The number of ether oxygens (including phenoxy) is 2. The number of anilines is 4. The molecule has 0 fully saturated rings. The van der Waals surface area contributed by atoms with Crippen molar-refractivity contribution in [2.45, 2.75) is 51.7 Å². The van der Waals surface area contributed by atoms with Gasteiger partial charge in [-0.25, -0.2) is 28.3 Å². The number of methoxy groups -OCH3 is 1. The van der Waals surface area contributed by atoms with Gasteiger partial charge in [-0.3, -0.25) is 14.0 Å².